The molecule has 6 nitrogen and oxygen atoms in total. The van der Waals surface area contributed by atoms with Crippen molar-refractivity contribution >= 4 is 45.0 Å². The summed E-state index contributed by atoms with van der Waals surface area (Å²) in [6, 6.07) is 28.6. The fourth-order valence-electron chi connectivity index (χ4n) is 4.49. The van der Waals surface area contributed by atoms with E-state index in [0.29, 0.717) is 23.6 Å². The van der Waals surface area contributed by atoms with Gasteiger partial charge in [0.15, 0.2) is 5.76 Å². The van der Waals surface area contributed by atoms with Gasteiger partial charge in [-0.3, -0.25) is 9.59 Å². The fraction of sp³-hybridized carbons (Fsp3) is 0.0690. The Morgan fingerprint density at radius 2 is 1.66 bits per heavy atom. The summed E-state index contributed by atoms with van der Waals surface area (Å²) in [5.41, 5.74) is 7.00. The van der Waals surface area contributed by atoms with E-state index in [2.05, 4.69) is 10.5 Å². The van der Waals surface area contributed by atoms with E-state index >= 15 is 0 Å². The van der Waals surface area contributed by atoms with Crippen LogP contribution in [0.2, 0.25) is 0 Å². The maximum absolute atomic E-state index is 13.0. The summed E-state index contributed by atoms with van der Waals surface area (Å²) in [5, 5.41) is 7.23. The zero-order valence-corrected chi connectivity index (χ0v) is 19.0. The highest BCUT2D eigenvalue weighted by atomic mass is 16.3. The lowest BCUT2D eigenvalue weighted by Gasteiger charge is -2.18. The number of amides is 2. The van der Waals surface area contributed by atoms with Crippen LogP contribution in [-0.2, 0) is 6.54 Å². The molecule has 170 valence electrons. The van der Waals surface area contributed by atoms with Gasteiger partial charge in [0.25, 0.3) is 11.8 Å². The van der Waals surface area contributed by atoms with Crippen molar-refractivity contribution in [1.29, 1.82) is 0 Å². The molecular formula is C29H21N3O3. The minimum atomic E-state index is -0.318. The first-order valence-electron chi connectivity index (χ1n) is 11.3. The number of carbonyl (C=O) groups excluding carboxylic acids is 2. The number of carbonyl (C=O) groups is 2. The topological polar surface area (TPSA) is 74.9 Å². The first-order valence-corrected chi connectivity index (χ1v) is 11.3. The molecule has 5 aromatic rings. The number of nitrogens with zero attached hydrogens (tertiary/aromatic N) is 2. The molecule has 2 heterocycles. The van der Waals surface area contributed by atoms with Crippen LogP contribution in [0.5, 0.6) is 0 Å². The standard InChI is InChI=1S/C29H21N3O3/c1-18(26-16-22-6-2-3-11-25(22)35-26)30-31-28(33)21-14-12-19(13-15-21)17-32-24-10-5-8-20-7-4-9-23(27(20)24)29(32)34/h2-16H,17H2,1H3,(H,31,33)/b30-18+. The average Bonchev–Trinajstić information content (AvgIpc) is 3.44. The predicted molar refractivity (Wildman–Crippen MR) is 137 cm³/mol. The molecule has 0 unspecified atom stereocenters. The molecule has 1 aliphatic heterocycles. The van der Waals surface area contributed by atoms with Crippen LogP contribution in [0, 0.1) is 0 Å². The zero-order chi connectivity index (χ0) is 23.9. The van der Waals surface area contributed by atoms with Gasteiger partial charge in [-0.2, -0.15) is 5.10 Å². The summed E-state index contributed by atoms with van der Waals surface area (Å²) in [7, 11) is 0. The summed E-state index contributed by atoms with van der Waals surface area (Å²) in [5.74, 6) is 0.281. The van der Waals surface area contributed by atoms with Gasteiger partial charge in [0.2, 0.25) is 0 Å². The van der Waals surface area contributed by atoms with Crippen molar-refractivity contribution in [3.05, 3.63) is 113 Å². The van der Waals surface area contributed by atoms with Gasteiger partial charge < -0.3 is 9.32 Å². The number of rotatable bonds is 5. The summed E-state index contributed by atoms with van der Waals surface area (Å²) in [6.07, 6.45) is 0. The molecule has 1 aromatic heterocycles. The minimum Gasteiger partial charge on any atom is -0.455 e. The van der Waals surface area contributed by atoms with Crippen LogP contribution in [0.25, 0.3) is 21.7 Å². The van der Waals surface area contributed by atoms with Crippen LogP contribution in [0.1, 0.15) is 39.0 Å². The Hall–Kier alpha value is -4.71. The van der Waals surface area contributed by atoms with Gasteiger partial charge in [-0.25, -0.2) is 5.43 Å². The van der Waals surface area contributed by atoms with E-state index in [1.165, 1.54) is 0 Å². The highest BCUT2D eigenvalue weighted by Crippen LogP contribution is 2.38. The van der Waals surface area contributed by atoms with Gasteiger partial charge in [0, 0.05) is 21.9 Å². The first kappa shape index (κ1) is 20.9. The third kappa shape index (κ3) is 3.65. The van der Waals surface area contributed by atoms with Crippen LogP contribution in [0.3, 0.4) is 0 Å². The molecule has 0 spiro atoms. The number of hydrogen-bond acceptors (Lipinski definition) is 4. The molecule has 1 aliphatic rings. The Morgan fingerprint density at radius 1 is 0.914 bits per heavy atom. The van der Waals surface area contributed by atoms with Gasteiger partial charge in [-0.15, -0.1) is 0 Å². The molecule has 35 heavy (non-hydrogen) atoms. The van der Waals surface area contributed by atoms with Gasteiger partial charge in [-0.05, 0) is 54.3 Å². The van der Waals surface area contributed by atoms with E-state index in [1.807, 2.05) is 78.9 Å². The van der Waals surface area contributed by atoms with E-state index < -0.39 is 0 Å². The number of hydrazone groups is 1. The van der Waals surface area contributed by atoms with Crippen molar-refractivity contribution in [3.8, 4) is 0 Å². The Kier molecular flexibility index (Phi) is 4.92. The van der Waals surface area contributed by atoms with E-state index in [1.54, 1.807) is 24.0 Å². The molecule has 2 amide bonds. The lowest BCUT2D eigenvalue weighted by molar-refractivity contribution is 0.0953. The third-order valence-electron chi connectivity index (χ3n) is 6.31. The van der Waals surface area contributed by atoms with Crippen molar-refractivity contribution < 1.29 is 14.0 Å². The van der Waals surface area contributed by atoms with Gasteiger partial charge >= 0.3 is 0 Å². The van der Waals surface area contributed by atoms with Crippen molar-refractivity contribution in [2.24, 2.45) is 5.10 Å². The lowest BCUT2D eigenvalue weighted by atomic mass is 10.1. The second-order valence-corrected chi connectivity index (χ2v) is 8.56. The Bertz CT molecular complexity index is 1610. The second-order valence-electron chi connectivity index (χ2n) is 8.56. The summed E-state index contributed by atoms with van der Waals surface area (Å²) >= 11 is 0. The summed E-state index contributed by atoms with van der Waals surface area (Å²) in [4.78, 5) is 27.4. The molecule has 0 aliphatic carbocycles. The van der Waals surface area contributed by atoms with Crippen molar-refractivity contribution in [2.45, 2.75) is 13.5 Å². The average molecular weight is 460 g/mol. The van der Waals surface area contributed by atoms with Gasteiger partial charge in [0.1, 0.15) is 11.3 Å². The molecule has 0 saturated heterocycles. The van der Waals surface area contributed by atoms with Gasteiger partial charge in [0.05, 0.1) is 12.2 Å². The SMILES string of the molecule is C/C(=N\NC(=O)c1ccc(CN2C(=O)c3cccc4cccc2c34)cc1)c1cc2ccccc2o1. The third-order valence-corrected chi connectivity index (χ3v) is 6.31. The molecule has 6 rings (SSSR count). The van der Waals surface area contributed by atoms with E-state index in [9.17, 15) is 9.59 Å². The Balaban J connectivity index is 1.16. The lowest BCUT2D eigenvalue weighted by Crippen LogP contribution is -2.26. The smallest absolute Gasteiger partial charge is 0.271 e. The van der Waals surface area contributed by atoms with Crippen LogP contribution in [0.4, 0.5) is 5.69 Å². The summed E-state index contributed by atoms with van der Waals surface area (Å²) in [6.45, 7) is 2.21. The van der Waals surface area contributed by atoms with Crippen LogP contribution >= 0.6 is 0 Å². The largest absolute Gasteiger partial charge is 0.455 e. The molecule has 0 fully saturated rings. The molecule has 6 heteroatoms. The van der Waals surface area contributed by atoms with Crippen LogP contribution < -0.4 is 10.3 Å². The predicted octanol–water partition coefficient (Wildman–Crippen LogP) is 5.90. The number of para-hydroxylation sites is 1. The highest BCUT2D eigenvalue weighted by Gasteiger charge is 2.29. The first-order chi connectivity index (χ1) is 17.1. The van der Waals surface area contributed by atoms with Crippen molar-refractivity contribution in [1.82, 2.24) is 5.43 Å². The minimum absolute atomic E-state index is 0.00554. The molecule has 0 bridgehead atoms. The van der Waals surface area contributed by atoms with Crippen molar-refractivity contribution in [3.63, 3.8) is 0 Å². The van der Waals surface area contributed by atoms with Crippen LogP contribution in [-0.4, -0.2) is 17.5 Å². The molecule has 0 radical (unpaired) electrons. The molecule has 0 atom stereocenters. The number of hydrogen-bond donors (Lipinski definition) is 1. The number of furan rings is 1. The molecular weight excluding hydrogens is 438 g/mol. The summed E-state index contributed by atoms with van der Waals surface area (Å²) < 4.78 is 5.79. The number of nitrogens with one attached hydrogen (secondary N) is 1. The number of benzene rings is 4. The maximum atomic E-state index is 13.0. The van der Waals surface area contributed by atoms with E-state index in [4.69, 9.17) is 4.42 Å². The van der Waals surface area contributed by atoms with Crippen molar-refractivity contribution in [2.75, 3.05) is 4.90 Å². The maximum Gasteiger partial charge on any atom is 0.271 e. The quantitative estimate of drug-likeness (QED) is 0.263. The molecule has 1 N–H and O–H groups in total. The normalized spacial score (nSPS) is 13.1. The number of fused-ring (bicyclic) bond motifs is 1. The zero-order valence-electron chi connectivity index (χ0n) is 19.0. The Labute approximate surface area is 201 Å². The second kappa shape index (κ2) is 8.25. The van der Waals surface area contributed by atoms with Crippen LogP contribution in [0.15, 0.2) is 101 Å². The highest BCUT2D eigenvalue weighted by molar-refractivity contribution is 6.24. The number of anilines is 1. The van der Waals surface area contributed by atoms with E-state index in [-0.39, 0.29) is 11.8 Å². The Morgan fingerprint density at radius 3 is 2.46 bits per heavy atom. The molecule has 0 saturated carbocycles. The molecule has 4 aromatic carbocycles. The monoisotopic (exact) mass is 459 g/mol. The van der Waals surface area contributed by atoms with Gasteiger partial charge in [-0.1, -0.05) is 54.6 Å². The fourth-order valence-corrected chi connectivity index (χ4v) is 4.49. The van der Waals surface area contributed by atoms with E-state index in [0.717, 1.165) is 38.6 Å².